The van der Waals surface area contributed by atoms with Crippen molar-refractivity contribution in [2.24, 2.45) is 0 Å². The van der Waals surface area contributed by atoms with E-state index in [9.17, 15) is 0 Å². The molecule has 11 aromatic rings. The van der Waals surface area contributed by atoms with Gasteiger partial charge in [-0.15, -0.1) is 0 Å². The van der Waals surface area contributed by atoms with Crippen molar-refractivity contribution in [3.05, 3.63) is 272 Å². The summed E-state index contributed by atoms with van der Waals surface area (Å²) < 4.78 is 0. The highest BCUT2D eigenvalue weighted by Gasteiger charge is 2.35. The van der Waals surface area contributed by atoms with Gasteiger partial charge in [0.1, 0.15) is 0 Å². The molecule has 1 aliphatic rings. The van der Waals surface area contributed by atoms with Gasteiger partial charge in [0.2, 0.25) is 0 Å². The van der Waals surface area contributed by atoms with E-state index < -0.39 is 0 Å². The van der Waals surface area contributed by atoms with Crippen LogP contribution in [-0.4, -0.2) is 0 Å². The first kappa shape index (κ1) is 40.9. The standard InChI is InChI=1S/C67H49N/c1-67(2)63-26-14-13-23-60(63)61-43-38-55(45-64(61)67)50-36-41-57(42-37-50)68(56-39-34-48(35-40-56)47-28-30-49(31-29-47)54-33-32-46-16-9-10-21-53(46)44-54)65-27-15-25-59(52-19-7-4-8-20-52)66(65)62-24-12-11-22-58(62)51-17-5-3-6-18-51/h3-45H,1-2H3. The van der Waals surface area contributed by atoms with Crippen LogP contribution in [0.1, 0.15) is 25.0 Å². The molecule has 0 bridgehead atoms. The second-order valence-electron chi connectivity index (χ2n) is 18.5. The first-order chi connectivity index (χ1) is 33.5. The van der Waals surface area contributed by atoms with Crippen LogP contribution in [0.5, 0.6) is 0 Å². The Balaban J connectivity index is 0.984. The number of hydrogen-bond donors (Lipinski definition) is 0. The van der Waals surface area contributed by atoms with Crippen LogP contribution in [0.4, 0.5) is 17.1 Å². The van der Waals surface area contributed by atoms with E-state index in [1.165, 1.54) is 99.8 Å². The number of hydrogen-bond acceptors (Lipinski definition) is 1. The molecule has 0 aromatic heterocycles. The van der Waals surface area contributed by atoms with Crippen LogP contribution >= 0.6 is 0 Å². The molecule has 12 rings (SSSR count). The highest BCUT2D eigenvalue weighted by atomic mass is 15.1. The van der Waals surface area contributed by atoms with Gasteiger partial charge < -0.3 is 4.90 Å². The van der Waals surface area contributed by atoms with Gasteiger partial charge in [0.05, 0.1) is 5.69 Å². The fraction of sp³-hybridized carbons (Fsp3) is 0.0448. The minimum Gasteiger partial charge on any atom is -0.310 e. The van der Waals surface area contributed by atoms with E-state index in [2.05, 4.69) is 280 Å². The predicted octanol–water partition coefficient (Wildman–Crippen LogP) is 18.6. The summed E-state index contributed by atoms with van der Waals surface area (Å²) in [5, 5.41) is 2.51. The van der Waals surface area contributed by atoms with Crippen LogP contribution in [0.25, 0.3) is 88.7 Å². The van der Waals surface area contributed by atoms with Gasteiger partial charge in [-0.05, 0) is 137 Å². The van der Waals surface area contributed by atoms with Crippen molar-refractivity contribution in [3.63, 3.8) is 0 Å². The number of anilines is 3. The average Bonchev–Trinajstić information content (AvgIpc) is 3.64. The fourth-order valence-corrected chi connectivity index (χ4v) is 10.6. The van der Waals surface area contributed by atoms with Gasteiger partial charge in [0.15, 0.2) is 0 Å². The number of nitrogens with zero attached hydrogens (tertiary/aromatic N) is 1. The van der Waals surface area contributed by atoms with E-state index in [1.807, 2.05) is 0 Å². The van der Waals surface area contributed by atoms with Gasteiger partial charge in [-0.2, -0.15) is 0 Å². The van der Waals surface area contributed by atoms with E-state index in [0.29, 0.717) is 0 Å². The fourth-order valence-electron chi connectivity index (χ4n) is 10.6. The molecule has 0 amide bonds. The summed E-state index contributed by atoms with van der Waals surface area (Å²) >= 11 is 0. The van der Waals surface area contributed by atoms with Crippen LogP contribution < -0.4 is 4.90 Å². The summed E-state index contributed by atoms with van der Waals surface area (Å²) in [6.07, 6.45) is 0. The largest absolute Gasteiger partial charge is 0.310 e. The third-order valence-electron chi connectivity index (χ3n) is 14.1. The summed E-state index contributed by atoms with van der Waals surface area (Å²) in [5.74, 6) is 0. The predicted molar refractivity (Wildman–Crippen MR) is 289 cm³/mol. The third kappa shape index (κ3) is 7.30. The molecule has 0 spiro atoms. The van der Waals surface area contributed by atoms with Crippen molar-refractivity contribution in [2.45, 2.75) is 19.3 Å². The SMILES string of the molecule is CC1(C)c2ccccc2-c2ccc(-c3ccc(N(c4ccc(-c5ccc(-c6ccc7ccccc7c6)cc5)cc4)c4cccc(-c5ccccc5)c4-c4ccccc4-c4ccccc4)cc3)cc21. The van der Waals surface area contributed by atoms with Gasteiger partial charge in [-0.3, -0.25) is 0 Å². The lowest BCUT2D eigenvalue weighted by molar-refractivity contribution is 0.660. The Morgan fingerprint density at radius 3 is 1.35 bits per heavy atom. The van der Waals surface area contributed by atoms with Gasteiger partial charge in [0, 0.05) is 22.4 Å². The zero-order valence-electron chi connectivity index (χ0n) is 38.3. The summed E-state index contributed by atoms with van der Waals surface area (Å²) in [6, 6.07) is 95.7. The Morgan fingerprint density at radius 2 is 0.706 bits per heavy atom. The first-order valence-corrected chi connectivity index (χ1v) is 23.7. The molecule has 11 aromatic carbocycles. The Morgan fingerprint density at radius 1 is 0.265 bits per heavy atom. The zero-order chi connectivity index (χ0) is 45.6. The van der Waals surface area contributed by atoms with Crippen molar-refractivity contribution in [1.29, 1.82) is 0 Å². The topological polar surface area (TPSA) is 3.24 Å². The van der Waals surface area contributed by atoms with Crippen molar-refractivity contribution in [2.75, 3.05) is 4.90 Å². The Bertz CT molecular complexity index is 3600. The van der Waals surface area contributed by atoms with Crippen LogP contribution in [0.3, 0.4) is 0 Å². The molecule has 0 N–H and O–H groups in total. The van der Waals surface area contributed by atoms with Crippen LogP contribution in [-0.2, 0) is 5.41 Å². The van der Waals surface area contributed by atoms with Crippen LogP contribution in [0, 0.1) is 0 Å². The van der Waals surface area contributed by atoms with E-state index >= 15 is 0 Å². The van der Waals surface area contributed by atoms with E-state index in [4.69, 9.17) is 0 Å². The van der Waals surface area contributed by atoms with Crippen molar-refractivity contribution in [3.8, 4) is 77.9 Å². The van der Waals surface area contributed by atoms with Crippen molar-refractivity contribution < 1.29 is 0 Å². The van der Waals surface area contributed by atoms with E-state index in [1.54, 1.807) is 0 Å². The van der Waals surface area contributed by atoms with Gasteiger partial charge in [-0.1, -0.05) is 232 Å². The molecule has 322 valence electrons. The third-order valence-corrected chi connectivity index (χ3v) is 14.1. The van der Waals surface area contributed by atoms with Crippen LogP contribution in [0.15, 0.2) is 261 Å². The maximum atomic E-state index is 2.45. The highest BCUT2D eigenvalue weighted by Crippen LogP contribution is 2.51. The molecular weight excluding hydrogens is 819 g/mol. The number of fused-ring (bicyclic) bond motifs is 4. The van der Waals surface area contributed by atoms with Gasteiger partial charge in [-0.25, -0.2) is 0 Å². The Kier molecular flexibility index (Phi) is 10.3. The Hall–Kier alpha value is -8.52. The molecule has 0 saturated carbocycles. The average molecular weight is 868 g/mol. The second-order valence-corrected chi connectivity index (χ2v) is 18.5. The summed E-state index contributed by atoms with van der Waals surface area (Å²) in [6.45, 7) is 4.71. The lowest BCUT2D eigenvalue weighted by Gasteiger charge is -2.30. The van der Waals surface area contributed by atoms with Gasteiger partial charge in [0.25, 0.3) is 0 Å². The maximum Gasteiger partial charge on any atom is 0.0546 e. The Labute approximate surface area is 399 Å². The molecule has 1 aliphatic carbocycles. The number of benzene rings is 11. The molecule has 68 heavy (non-hydrogen) atoms. The normalized spacial score (nSPS) is 12.4. The molecule has 1 heteroatoms. The van der Waals surface area contributed by atoms with E-state index in [0.717, 1.165) is 17.1 Å². The summed E-state index contributed by atoms with van der Waals surface area (Å²) in [5.41, 5.74) is 22.9. The quantitative estimate of drug-likeness (QED) is 0.140. The van der Waals surface area contributed by atoms with E-state index in [-0.39, 0.29) is 5.41 Å². The lowest BCUT2D eigenvalue weighted by Crippen LogP contribution is -2.14. The molecule has 0 fully saturated rings. The smallest absolute Gasteiger partial charge is 0.0546 e. The monoisotopic (exact) mass is 867 g/mol. The molecule has 0 unspecified atom stereocenters. The highest BCUT2D eigenvalue weighted by molar-refractivity contribution is 6.01. The maximum absolute atomic E-state index is 2.45. The number of rotatable bonds is 9. The van der Waals surface area contributed by atoms with Crippen molar-refractivity contribution in [1.82, 2.24) is 0 Å². The first-order valence-electron chi connectivity index (χ1n) is 23.7. The summed E-state index contributed by atoms with van der Waals surface area (Å²) in [7, 11) is 0. The minimum absolute atomic E-state index is 0.0691. The molecule has 0 heterocycles. The molecule has 0 saturated heterocycles. The second kappa shape index (κ2) is 17.0. The molecular formula is C67H49N. The molecule has 0 radical (unpaired) electrons. The van der Waals surface area contributed by atoms with Gasteiger partial charge >= 0.3 is 0 Å². The molecule has 0 aliphatic heterocycles. The van der Waals surface area contributed by atoms with Crippen molar-refractivity contribution >= 4 is 27.8 Å². The lowest BCUT2D eigenvalue weighted by atomic mass is 9.81. The zero-order valence-corrected chi connectivity index (χ0v) is 38.3. The molecule has 0 atom stereocenters. The minimum atomic E-state index is -0.0691. The van der Waals surface area contributed by atoms with Crippen LogP contribution in [0.2, 0.25) is 0 Å². The molecule has 1 nitrogen and oxygen atoms in total. The summed E-state index contributed by atoms with van der Waals surface area (Å²) in [4.78, 5) is 2.45.